The summed E-state index contributed by atoms with van der Waals surface area (Å²) in [6.45, 7) is 8.26. The van der Waals surface area contributed by atoms with Crippen LogP contribution in [0.4, 0.5) is 0 Å². The second-order valence-electron chi connectivity index (χ2n) is 4.93. The number of hydrogen-bond acceptors (Lipinski definition) is 3. The molecule has 0 rings (SSSR count). The molecular weight excluding hydrogens is 234 g/mol. The van der Waals surface area contributed by atoms with Gasteiger partial charge in [0.2, 0.25) is 5.91 Å². The molecule has 0 aliphatic heterocycles. The third-order valence-electron chi connectivity index (χ3n) is 2.58. The Kier molecular flexibility index (Phi) is 8.37. The molecule has 0 spiro atoms. The molecule has 0 fully saturated rings. The predicted octanol–water partition coefficient (Wildman–Crippen LogP) is 1.81. The van der Waals surface area contributed by atoms with Gasteiger partial charge in [0.05, 0.1) is 12.7 Å². The van der Waals surface area contributed by atoms with Gasteiger partial charge in [0.15, 0.2) is 0 Å². The highest BCUT2D eigenvalue weighted by Crippen LogP contribution is 2.07. The van der Waals surface area contributed by atoms with Gasteiger partial charge in [-0.25, -0.2) is 4.79 Å². The first-order valence-corrected chi connectivity index (χ1v) is 6.50. The zero-order valence-electron chi connectivity index (χ0n) is 11.7. The Morgan fingerprint density at radius 1 is 1.28 bits per heavy atom. The SMILES string of the molecule is CCC(NC(=O)CCOC(C)CC(C)C)C(=O)O. The number of aliphatic carboxylic acids is 1. The summed E-state index contributed by atoms with van der Waals surface area (Å²) >= 11 is 0. The molecule has 0 aliphatic rings. The van der Waals surface area contributed by atoms with E-state index in [0.29, 0.717) is 18.9 Å². The standard InChI is InChI=1S/C13H25NO4/c1-5-11(13(16)17)14-12(15)6-7-18-10(4)8-9(2)3/h9-11H,5-8H2,1-4H3,(H,14,15)(H,16,17). The highest BCUT2D eigenvalue weighted by Gasteiger charge is 2.17. The maximum absolute atomic E-state index is 11.5. The summed E-state index contributed by atoms with van der Waals surface area (Å²) in [5.74, 6) is -0.716. The van der Waals surface area contributed by atoms with Crippen molar-refractivity contribution in [2.75, 3.05) is 6.61 Å². The Bertz CT molecular complexity index is 266. The third-order valence-corrected chi connectivity index (χ3v) is 2.58. The van der Waals surface area contributed by atoms with E-state index in [2.05, 4.69) is 19.2 Å². The van der Waals surface area contributed by atoms with Crippen LogP contribution in [0.15, 0.2) is 0 Å². The monoisotopic (exact) mass is 259 g/mol. The van der Waals surface area contributed by atoms with E-state index >= 15 is 0 Å². The zero-order valence-corrected chi connectivity index (χ0v) is 11.7. The van der Waals surface area contributed by atoms with Gasteiger partial charge in [0, 0.05) is 6.42 Å². The molecule has 5 nitrogen and oxygen atoms in total. The van der Waals surface area contributed by atoms with E-state index in [9.17, 15) is 9.59 Å². The van der Waals surface area contributed by atoms with Gasteiger partial charge in [0.1, 0.15) is 6.04 Å². The first-order valence-electron chi connectivity index (χ1n) is 6.50. The number of carbonyl (C=O) groups excluding carboxylic acids is 1. The van der Waals surface area contributed by atoms with Crippen LogP contribution in [-0.4, -0.2) is 35.7 Å². The van der Waals surface area contributed by atoms with Crippen molar-refractivity contribution in [3.05, 3.63) is 0 Å². The number of nitrogens with one attached hydrogen (secondary N) is 1. The quantitative estimate of drug-likeness (QED) is 0.662. The number of carboxylic acids is 1. The van der Waals surface area contributed by atoms with Crippen LogP contribution in [-0.2, 0) is 14.3 Å². The van der Waals surface area contributed by atoms with Gasteiger partial charge in [-0.05, 0) is 25.7 Å². The van der Waals surface area contributed by atoms with Crippen LogP contribution in [0.1, 0.15) is 47.0 Å². The van der Waals surface area contributed by atoms with Gasteiger partial charge in [-0.1, -0.05) is 20.8 Å². The maximum atomic E-state index is 11.5. The average molecular weight is 259 g/mol. The summed E-state index contributed by atoms with van der Waals surface area (Å²) in [7, 11) is 0. The van der Waals surface area contributed by atoms with Crippen molar-refractivity contribution < 1.29 is 19.4 Å². The second-order valence-corrected chi connectivity index (χ2v) is 4.93. The van der Waals surface area contributed by atoms with Crippen LogP contribution in [0.3, 0.4) is 0 Å². The van der Waals surface area contributed by atoms with Crippen molar-refractivity contribution >= 4 is 11.9 Å². The lowest BCUT2D eigenvalue weighted by atomic mass is 10.1. The normalized spacial score (nSPS) is 14.3. The number of hydrogen-bond donors (Lipinski definition) is 2. The Morgan fingerprint density at radius 3 is 2.33 bits per heavy atom. The van der Waals surface area contributed by atoms with Gasteiger partial charge in [-0.2, -0.15) is 0 Å². The summed E-state index contributed by atoms with van der Waals surface area (Å²) in [6.07, 6.45) is 1.66. The lowest BCUT2D eigenvalue weighted by Gasteiger charge is -2.16. The molecule has 0 bridgehead atoms. The van der Waals surface area contributed by atoms with E-state index in [4.69, 9.17) is 9.84 Å². The Morgan fingerprint density at radius 2 is 1.89 bits per heavy atom. The minimum atomic E-state index is -1.00. The van der Waals surface area contributed by atoms with E-state index in [0.717, 1.165) is 6.42 Å². The highest BCUT2D eigenvalue weighted by molar-refractivity contribution is 5.83. The molecule has 106 valence electrons. The molecule has 0 saturated carbocycles. The van der Waals surface area contributed by atoms with Gasteiger partial charge in [-0.3, -0.25) is 4.79 Å². The van der Waals surface area contributed by atoms with Crippen molar-refractivity contribution in [1.82, 2.24) is 5.32 Å². The molecule has 5 heteroatoms. The fourth-order valence-electron chi connectivity index (χ4n) is 1.69. The number of rotatable bonds is 9. The molecule has 1 amide bonds. The maximum Gasteiger partial charge on any atom is 0.326 e. The molecule has 2 unspecified atom stereocenters. The molecular formula is C13H25NO4. The first-order chi connectivity index (χ1) is 8.36. The number of ether oxygens (including phenoxy) is 1. The van der Waals surface area contributed by atoms with Crippen molar-refractivity contribution in [3.63, 3.8) is 0 Å². The smallest absolute Gasteiger partial charge is 0.326 e. The minimum absolute atomic E-state index is 0.124. The first kappa shape index (κ1) is 16.9. The summed E-state index contributed by atoms with van der Waals surface area (Å²) in [4.78, 5) is 22.2. The van der Waals surface area contributed by atoms with Crippen molar-refractivity contribution in [2.45, 2.75) is 59.1 Å². The van der Waals surface area contributed by atoms with Crippen LogP contribution in [0.5, 0.6) is 0 Å². The molecule has 0 radical (unpaired) electrons. The van der Waals surface area contributed by atoms with Gasteiger partial charge < -0.3 is 15.2 Å². The van der Waals surface area contributed by atoms with Crippen molar-refractivity contribution in [1.29, 1.82) is 0 Å². The molecule has 0 aromatic rings. The number of carbonyl (C=O) groups is 2. The van der Waals surface area contributed by atoms with Crippen LogP contribution in [0, 0.1) is 5.92 Å². The molecule has 0 saturated heterocycles. The fourth-order valence-corrected chi connectivity index (χ4v) is 1.69. The fraction of sp³-hybridized carbons (Fsp3) is 0.846. The van der Waals surface area contributed by atoms with E-state index < -0.39 is 12.0 Å². The summed E-state index contributed by atoms with van der Waals surface area (Å²) < 4.78 is 5.49. The molecule has 0 aromatic heterocycles. The topological polar surface area (TPSA) is 75.6 Å². The Labute approximate surface area is 109 Å². The third kappa shape index (κ3) is 8.06. The van der Waals surface area contributed by atoms with Gasteiger partial charge in [-0.15, -0.1) is 0 Å². The highest BCUT2D eigenvalue weighted by atomic mass is 16.5. The van der Waals surface area contributed by atoms with Gasteiger partial charge >= 0.3 is 5.97 Å². The minimum Gasteiger partial charge on any atom is -0.480 e. The average Bonchev–Trinajstić information content (AvgIpc) is 2.24. The molecule has 2 atom stereocenters. The van der Waals surface area contributed by atoms with Crippen LogP contribution < -0.4 is 5.32 Å². The predicted molar refractivity (Wildman–Crippen MR) is 69.3 cm³/mol. The van der Waals surface area contributed by atoms with Crippen LogP contribution >= 0.6 is 0 Å². The van der Waals surface area contributed by atoms with E-state index in [1.54, 1.807) is 6.92 Å². The van der Waals surface area contributed by atoms with E-state index in [1.165, 1.54) is 0 Å². The van der Waals surface area contributed by atoms with Crippen molar-refractivity contribution in [2.24, 2.45) is 5.92 Å². The molecule has 18 heavy (non-hydrogen) atoms. The Balaban J connectivity index is 3.80. The number of amides is 1. The Hall–Kier alpha value is -1.10. The second kappa shape index (κ2) is 8.91. The number of carboxylic acid groups (broad SMARTS) is 1. The van der Waals surface area contributed by atoms with E-state index in [1.807, 2.05) is 6.92 Å². The lowest BCUT2D eigenvalue weighted by molar-refractivity contribution is -0.142. The molecule has 0 heterocycles. The summed E-state index contributed by atoms with van der Waals surface area (Å²) in [6, 6.07) is -0.800. The zero-order chi connectivity index (χ0) is 14.1. The molecule has 2 N–H and O–H groups in total. The van der Waals surface area contributed by atoms with Gasteiger partial charge in [0.25, 0.3) is 0 Å². The van der Waals surface area contributed by atoms with Crippen molar-refractivity contribution in [3.8, 4) is 0 Å². The van der Waals surface area contributed by atoms with Crippen LogP contribution in [0.2, 0.25) is 0 Å². The van der Waals surface area contributed by atoms with E-state index in [-0.39, 0.29) is 18.4 Å². The largest absolute Gasteiger partial charge is 0.480 e. The lowest BCUT2D eigenvalue weighted by Crippen LogP contribution is -2.40. The summed E-state index contributed by atoms with van der Waals surface area (Å²) in [5, 5.41) is 11.3. The van der Waals surface area contributed by atoms with Crippen LogP contribution in [0.25, 0.3) is 0 Å². The molecule has 0 aliphatic carbocycles. The molecule has 0 aromatic carbocycles. The summed E-state index contributed by atoms with van der Waals surface area (Å²) in [5.41, 5.74) is 0.